The van der Waals surface area contributed by atoms with Gasteiger partial charge in [-0.05, 0) is 48.0 Å². The van der Waals surface area contributed by atoms with Gasteiger partial charge in [-0.3, -0.25) is 4.79 Å². The number of phenols is 3. The van der Waals surface area contributed by atoms with Crippen molar-refractivity contribution in [3.8, 4) is 51.6 Å². The molecule has 4 aromatic rings. The highest BCUT2D eigenvalue weighted by molar-refractivity contribution is 5.89. The van der Waals surface area contributed by atoms with Gasteiger partial charge in [0.2, 0.25) is 29.5 Å². The average Bonchev–Trinajstić information content (AvgIpc) is 3.33. The first kappa shape index (κ1) is 51.0. The minimum Gasteiger partial charge on any atom is -0.508 e. The first-order chi connectivity index (χ1) is 32.9. The number of fused-ring (bicyclic) bond motifs is 1. The maximum atomic E-state index is 14.5. The van der Waals surface area contributed by atoms with E-state index in [-0.39, 0.29) is 39.9 Å². The summed E-state index contributed by atoms with van der Waals surface area (Å²) < 4.78 is 56.5. The molecular formula is C44H50O25. The van der Waals surface area contributed by atoms with E-state index in [1.807, 2.05) is 0 Å². The fourth-order valence-corrected chi connectivity index (χ4v) is 7.74. The highest BCUT2D eigenvalue weighted by Gasteiger charge is 2.53. The molecule has 0 radical (unpaired) electrons. The number of ether oxygens (including phenoxy) is 9. The molecule has 3 aromatic carbocycles. The summed E-state index contributed by atoms with van der Waals surface area (Å²) in [5.41, 5.74) is -1.26. The molecule has 15 atom stereocenters. The topological polar surface area (TPSA) is 393 Å². The summed E-state index contributed by atoms with van der Waals surface area (Å²) in [6.45, 7) is -2.67. The van der Waals surface area contributed by atoms with Crippen molar-refractivity contribution in [3.63, 3.8) is 0 Å². The third-order valence-corrected chi connectivity index (χ3v) is 11.5. The zero-order valence-corrected chi connectivity index (χ0v) is 36.3. The number of aliphatic hydroxyl groups excluding tert-OH is 10. The van der Waals surface area contributed by atoms with Crippen molar-refractivity contribution < 1.29 is 118 Å². The molecule has 0 aliphatic carbocycles. The molecule has 4 heterocycles. The number of methoxy groups -OCH3 is 2. The zero-order valence-electron chi connectivity index (χ0n) is 36.3. The fourth-order valence-electron chi connectivity index (χ4n) is 7.74. The van der Waals surface area contributed by atoms with Crippen LogP contribution in [0.4, 0.5) is 0 Å². The first-order valence-electron chi connectivity index (χ1n) is 20.9. The number of hydrogen-bond acceptors (Lipinski definition) is 25. The third kappa shape index (κ3) is 10.4. The highest BCUT2D eigenvalue weighted by atomic mass is 16.8. The van der Waals surface area contributed by atoms with Crippen molar-refractivity contribution in [3.05, 3.63) is 70.4 Å². The van der Waals surface area contributed by atoms with Crippen molar-refractivity contribution in [1.29, 1.82) is 0 Å². The molecule has 376 valence electrons. The Balaban J connectivity index is 1.24. The minimum absolute atomic E-state index is 0.0110. The lowest BCUT2D eigenvalue weighted by atomic mass is 9.97. The van der Waals surface area contributed by atoms with E-state index in [2.05, 4.69) is 0 Å². The molecule has 69 heavy (non-hydrogen) atoms. The molecule has 0 bridgehead atoms. The van der Waals surface area contributed by atoms with Crippen molar-refractivity contribution in [2.45, 2.75) is 92.1 Å². The van der Waals surface area contributed by atoms with E-state index in [1.54, 1.807) is 0 Å². The van der Waals surface area contributed by atoms with Gasteiger partial charge in [0.25, 0.3) is 0 Å². The van der Waals surface area contributed by atoms with Gasteiger partial charge in [0.1, 0.15) is 89.3 Å². The number of benzene rings is 3. The summed E-state index contributed by atoms with van der Waals surface area (Å²) in [6, 6.07) is 9.64. The number of rotatable bonds is 15. The molecule has 1 aromatic heterocycles. The average molecular weight is 979 g/mol. The van der Waals surface area contributed by atoms with Gasteiger partial charge in [-0.15, -0.1) is 0 Å². The molecule has 0 unspecified atom stereocenters. The van der Waals surface area contributed by atoms with Crippen molar-refractivity contribution in [2.24, 2.45) is 0 Å². The summed E-state index contributed by atoms with van der Waals surface area (Å²) in [5, 5.41) is 136. The van der Waals surface area contributed by atoms with Gasteiger partial charge < -0.3 is 113 Å². The Morgan fingerprint density at radius 1 is 0.652 bits per heavy atom. The lowest BCUT2D eigenvalue weighted by molar-refractivity contribution is -0.358. The molecule has 25 nitrogen and oxygen atoms in total. The smallest absolute Gasteiger partial charge is 0.331 e. The predicted octanol–water partition coefficient (Wildman–Crippen LogP) is -2.96. The van der Waals surface area contributed by atoms with Crippen LogP contribution in [0.1, 0.15) is 5.56 Å². The van der Waals surface area contributed by atoms with Gasteiger partial charge in [-0.2, -0.15) is 0 Å². The molecule has 3 fully saturated rings. The van der Waals surface area contributed by atoms with Gasteiger partial charge in [0.05, 0.1) is 34.0 Å². The number of aromatic hydroxyl groups is 3. The largest absolute Gasteiger partial charge is 0.508 e. The summed E-state index contributed by atoms with van der Waals surface area (Å²) in [6.07, 6.45) is -25.9. The van der Waals surface area contributed by atoms with Crippen LogP contribution in [0.15, 0.2) is 63.8 Å². The SMILES string of the molecule is COc1cc(/C=C/C(=O)O[C@H]2[C@H](O[C@H]3[C@H](Oc4c(-c5ccc(O)cc5)oc5cc(O[C@@H]6O[C@H](CO)[C@@H](O)[C@H](O)[C@H]6O)cc(O)c5c4=O)O[C@H](CO)[C@@H](O)[C@@H]3O)O[C@H](CO)[C@@H](O)[C@@H]2O)cc(OC)c1O. The van der Waals surface area contributed by atoms with E-state index >= 15 is 0 Å². The maximum Gasteiger partial charge on any atom is 0.331 e. The lowest BCUT2D eigenvalue weighted by Crippen LogP contribution is -2.65. The van der Waals surface area contributed by atoms with Crippen molar-refractivity contribution >= 4 is 23.0 Å². The van der Waals surface area contributed by atoms with Crippen LogP contribution < -0.4 is 24.4 Å². The normalized spacial score (nSPS) is 31.6. The second-order valence-corrected chi connectivity index (χ2v) is 15.9. The second kappa shape index (κ2) is 21.4. The monoisotopic (exact) mass is 978 g/mol. The number of phenolic OH excluding ortho intramolecular Hbond substituents is 3. The molecule has 7 rings (SSSR count). The number of esters is 1. The van der Waals surface area contributed by atoms with E-state index in [0.717, 1.165) is 18.2 Å². The third-order valence-electron chi connectivity index (χ3n) is 11.5. The molecule has 3 aliphatic rings. The van der Waals surface area contributed by atoms with E-state index < -0.39 is 152 Å². The number of carbonyl (C=O) groups excluding carboxylic acids is 1. The van der Waals surface area contributed by atoms with Gasteiger partial charge in [-0.1, -0.05) is 0 Å². The Kier molecular flexibility index (Phi) is 15.8. The van der Waals surface area contributed by atoms with E-state index in [9.17, 15) is 76.0 Å². The number of hydrogen-bond donors (Lipinski definition) is 13. The van der Waals surface area contributed by atoms with Crippen molar-refractivity contribution in [1.82, 2.24) is 0 Å². The lowest BCUT2D eigenvalue weighted by Gasteiger charge is -2.46. The van der Waals surface area contributed by atoms with Crippen LogP contribution in [0.5, 0.6) is 40.2 Å². The van der Waals surface area contributed by atoms with E-state index in [4.69, 9.17) is 47.0 Å². The van der Waals surface area contributed by atoms with Crippen LogP contribution in [0.25, 0.3) is 28.4 Å². The predicted molar refractivity (Wildman–Crippen MR) is 227 cm³/mol. The summed E-state index contributed by atoms with van der Waals surface area (Å²) in [4.78, 5) is 27.8. The van der Waals surface area contributed by atoms with E-state index in [1.165, 1.54) is 56.7 Å². The van der Waals surface area contributed by atoms with Crippen molar-refractivity contribution in [2.75, 3.05) is 34.0 Å². The van der Waals surface area contributed by atoms with Gasteiger partial charge in [0.15, 0.2) is 35.8 Å². The number of carbonyl (C=O) groups is 1. The summed E-state index contributed by atoms with van der Waals surface area (Å²) in [5.74, 6) is -4.14. The number of aliphatic hydroxyl groups is 10. The summed E-state index contributed by atoms with van der Waals surface area (Å²) in [7, 11) is 2.56. The van der Waals surface area contributed by atoms with Crippen LogP contribution in [0.2, 0.25) is 0 Å². The highest BCUT2D eigenvalue weighted by Crippen LogP contribution is 2.40. The van der Waals surface area contributed by atoms with Crippen LogP contribution >= 0.6 is 0 Å². The molecule has 3 saturated heterocycles. The fraction of sp³-hybridized carbons (Fsp3) is 0.455. The molecule has 0 amide bonds. The van der Waals surface area contributed by atoms with Gasteiger partial charge >= 0.3 is 5.97 Å². The maximum absolute atomic E-state index is 14.5. The molecule has 0 spiro atoms. The standard InChI is InChI=1S/C44H50O25/c1-60-22-9-16(10-23(61-2)29(22)51)3-8-27(50)67-40-35(57)31(53)25(14-46)65-43(40)69-41-36(58)32(54)26(15-47)66-44(41)68-39-33(55)28-20(49)11-19(62-42-37(59)34(56)30(52)24(13-45)64-42)12-21(28)63-38(39)17-4-6-18(48)7-5-17/h3-12,24-26,30-32,34-37,40-49,51-54,56-59H,13-15H2,1-2H3/b8-3+/t24-,25-,26-,30-,31-,32-,34+,35+,36+,37-,40-,41-,42-,43+,44+/m1/s1. The minimum atomic E-state index is -2.13. The summed E-state index contributed by atoms with van der Waals surface area (Å²) >= 11 is 0. The first-order valence-corrected chi connectivity index (χ1v) is 20.9. The van der Waals surface area contributed by atoms with Gasteiger partial charge in [-0.25, -0.2) is 4.79 Å². The quantitative estimate of drug-likeness (QED) is 0.0418. The Hall–Kier alpha value is -5.88. The Morgan fingerprint density at radius 2 is 1.20 bits per heavy atom. The zero-order chi connectivity index (χ0) is 50.0. The molecule has 3 aliphatic heterocycles. The molecular weight excluding hydrogens is 928 g/mol. The molecule has 13 N–H and O–H groups in total. The Bertz CT molecular complexity index is 2490. The van der Waals surface area contributed by atoms with E-state index in [0.29, 0.717) is 0 Å². The van der Waals surface area contributed by atoms with Crippen LogP contribution in [-0.4, -0.2) is 199 Å². The van der Waals surface area contributed by atoms with Gasteiger partial charge in [0, 0.05) is 23.8 Å². The molecule has 25 heteroatoms. The van der Waals surface area contributed by atoms with Crippen LogP contribution in [0.3, 0.4) is 0 Å². The second-order valence-electron chi connectivity index (χ2n) is 15.9. The Labute approximate surface area is 388 Å². The molecule has 0 saturated carbocycles. The van der Waals surface area contributed by atoms with Crippen LogP contribution in [0, 0.1) is 0 Å². The Morgan fingerprint density at radius 3 is 1.78 bits per heavy atom. The van der Waals surface area contributed by atoms with Crippen LogP contribution in [-0.2, 0) is 28.5 Å².